The number of nitrogens with one attached hydrogen (secondary N) is 1. The van der Waals surface area contributed by atoms with Crippen LogP contribution in [0.4, 0.5) is 0 Å². The van der Waals surface area contributed by atoms with Gasteiger partial charge in [0.1, 0.15) is 0 Å². The van der Waals surface area contributed by atoms with Crippen LogP contribution in [0, 0.1) is 5.92 Å². The van der Waals surface area contributed by atoms with E-state index in [-0.39, 0.29) is 11.8 Å². The molecule has 0 radical (unpaired) electrons. The molecule has 134 valence electrons. The molecule has 1 fully saturated rings. The smallest absolute Gasteiger partial charge is 0.243 e. The Morgan fingerprint density at radius 1 is 1.12 bits per heavy atom. The van der Waals surface area contributed by atoms with Crippen LogP contribution in [0.1, 0.15) is 44.6 Å². The van der Waals surface area contributed by atoms with Gasteiger partial charge in [0, 0.05) is 34.3 Å². The number of aromatic nitrogens is 1. The Bertz CT molecular complexity index is 964. The zero-order valence-electron chi connectivity index (χ0n) is 15.2. The van der Waals surface area contributed by atoms with Gasteiger partial charge >= 0.3 is 0 Å². The quantitative estimate of drug-likeness (QED) is 0.532. The molecule has 1 heterocycles. The molecule has 4 rings (SSSR count). The normalized spacial score (nSPS) is 15.9. The first kappa shape index (κ1) is 16.8. The number of carbonyl (C=O) groups excluding carboxylic acids is 1. The number of carbonyl (C=O) groups is 1. The van der Waals surface area contributed by atoms with Gasteiger partial charge < -0.3 is 4.57 Å². The summed E-state index contributed by atoms with van der Waals surface area (Å²) in [5.74, 6) is 0.190. The number of hydrazone groups is 1. The maximum absolute atomic E-state index is 12.2. The molecule has 1 aliphatic carbocycles. The lowest BCUT2D eigenvalue weighted by Crippen LogP contribution is -2.28. The van der Waals surface area contributed by atoms with Crippen molar-refractivity contribution in [1.82, 2.24) is 9.99 Å². The number of para-hydroxylation sites is 1. The molecule has 0 saturated heterocycles. The van der Waals surface area contributed by atoms with Gasteiger partial charge in [0.2, 0.25) is 5.91 Å². The Labute approximate surface area is 153 Å². The molecule has 0 aliphatic heterocycles. The summed E-state index contributed by atoms with van der Waals surface area (Å²) >= 11 is 0. The van der Waals surface area contributed by atoms with Gasteiger partial charge in [-0.2, -0.15) is 5.10 Å². The predicted octanol–water partition coefficient (Wildman–Crippen LogP) is 4.84. The molecule has 0 bridgehead atoms. The molecule has 0 unspecified atom stereocenters. The van der Waals surface area contributed by atoms with Gasteiger partial charge in [-0.1, -0.05) is 43.5 Å². The highest BCUT2D eigenvalue weighted by molar-refractivity contribution is 6.09. The summed E-state index contributed by atoms with van der Waals surface area (Å²) in [7, 11) is 0. The summed E-state index contributed by atoms with van der Waals surface area (Å²) in [5, 5.41) is 6.68. The van der Waals surface area contributed by atoms with Gasteiger partial charge in [0.05, 0.1) is 6.21 Å². The Kier molecular flexibility index (Phi) is 4.74. The van der Waals surface area contributed by atoms with E-state index in [1.54, 1.807) is 6.21 Å². The summed E-state index contributed by atoms with van der Waals surface area (Å²) in [5.41, 5.74) is 6.22. The number of aryl methyl sites for hydroxylation is 1. The molecule has 1 saturated carbocycles. The number of nitrogens with zero attached hydrogens (tertiary/aromatic N) is 2. The van der Waals surface area contributed by atoms with Crippen molar-refractivity contribution in [2.24, 2.45) is 11.0 Å². The molecule has 4 heteroatoms. The molecule has 2 aromatic carbocycles. The van der Waals surface area contributed by atoms with E-state index in [1.807, 2.05) is 0 Å². The van der Waals surface area contributed by atoms with Crippen molar-refractivity contribution in [1.29, 1.82) is 0 Å². The van der Waals surface area contributed by atoms with E-state index < -0.39 is 0 Å². The van der Waals surface area contributed by atoms with Gasteiger partial charge in [-0.05, 0) is 43.5 Å². The van der Waals surface area contributed by atoms with Gasteiger partial charge in [-0.3, -0.25) is 4.79 Å². The van der Waals surface area contributed by atoms with Crippen molar-refractivity contribution in [3.8, 4) is 0 Å². The minimum atomic E-state index is 0.0598. The van der Waals surface area contributed by atoms with Gasteiger partial charge in [-0.25, -0.2) is 5.43 Å². The van der Waals surface area contributed by atoms with Crippen LogP contribution in [0.3, 0.4) is 0 Å². The van der Waals surface area contributed by atoms with E-state index in [2.05, 4.69) is 64.5 Å². The van der Waals surface area contributed by atoms with E-state index in [0.717, 1.165) is 37.8 Å². The zero-order chi connectivity index (χ0) is 17.9. The largest absolute Gasteiger partial charge is 0.341 e. The van der Waals surface area contributed by atoms with E-state index in [1.165, 1.54) is 28.2 Å². The second-order valence-electron chi connectivity index (χ2n) is 7.11. The third kappa shape index (κ3) is 3.12. The Balaban J connectivity index is 1.57. The summed E-state index contributed by atoms with van der Waals surface area (Å²) in [6, 6.07) is 14.8. The second kappa shape index (κ2) is 7.32. The average molecular weight is 347 g/mol. The second-order valence-corrected chi connectivity index (χ2v) is 7.11. The third-order valence-electron chi connectivity index (χ3n) is 5.48. The molecule has 0 spiro atoms. The highest BCUT2D eigenvalue weighted by atomic mass is 16.2. The van der Waals surface area contributed by atoms with Crippen molar-refractivity contribution < 1.29 is 4.79 Å². The lowest BCUT2D eigenvalue weighted by molar-refractivity contribution is -0.125. The van der Waals surface area contributed by atoms with E-state index in [4.69, 9.17) is 0 Å². The average Bonchev–Trinajstić information content (AvgIpc) is 3.01. The molecule has 1 N–H and O–H groups in total. The standard InChI is InChI=1S/C22H25N3O/c1-2-25-20-11-7-6-10-18(20)19-14-16(12-13-21(19)25)15-23-24-22(26)17-8-4-3-5-9-17/h6-7,10-15,17H,2-5,8-9H2,1H3,(H,24,26). The van der Waals surface area contributed by atoms with Crippen LogP contribution in [0.15, 0.2) is 47.6 Å². The fourth-order valence-corrected chi connectivity index (χ4v) is 4.12. The number of rotatable bonds is 4. The Hall–Kier alpha value is -2.62. The van der Waals surface area contributed by atoms with Crippen LogP contribution in [-0.2, 0) is 11.3 Å². The predicted molar refractivity (Wildman–Crippen MR) is 107 cm³/mol. The van der Waals surface area contributed by atoms with Crippen LogP contribution in [-0.4, -0.2) is 16.7 Å². The van der Waals surface area contributed by atoms with Crippen LogP contribution in [0.25, 0.3) is 21.8 Å². The maximum Gasteiger partial charge on any atom is 0.243 e. The molecule has 1 aromatic heterocycles. The molecular weight excluding hydrogens is 322 g/mol. The summed E-state index contributed by atoms with van der Waals surface area (Å²) < 4.78 is 2.33. The molecular formula is C22H25N3O. The number of hydrogen-bond acceptors (Lipinski definition) is 2. The lowest BCUT2D eigenvalue weighted by Gasteiger charge is -2.19. The monoisotopic (exact) mass is 347 g/mol. The highest BCUT2D eigenvalue weighted by Gasteiger charge is 2.20. The van der Waals surface area contributed by atoms with Crippen LogP contribution >= 0.6 is 0 Å². The topological polar surface area (TPSA) is 46.4 Å². The van der Waals surface area contributed by atoms with Crippen molar-refractivity contribution in [2.45, 2.75) is 45.6 Å². The number of benzene rings is 2. The molecule has 0 atom stereocenters. The first-order valence-corrected chi connectivity index (χ1v) is 9.62. The summed E-state index contributed by atoms with van der Waals surface area (Å²) in [6.07, 6.45) is 7.28. The molecule has 4 nitrogen and oxygen atoms in total. The van der Waals surface area contributed by atoms with E-state index in [9.17, 15) is 4.79 Å². The van der Waals surface area contributed by atoms with Crippen molar-refractivity contribution >= 4 is 33.9 Å². The first-order valence-electron chi connectivity index (χ1n) is 9.62. The van der Waals surface area contributed by atoms with Gasteiger partial charge in [0.15, 0.2) is 0 Å². The summed E-state index contributed by atoms with van der Waals surface area (Å²) in [4.78, 5) is 12.2. The molecule has 1 aliphatic rings. The minimum absolute atomic E-state index is 0.0598. The van der Waals surface area contributed by atoms with E-state index in [0.29, 0.717) is 0 Å². The van der Waals surface area contributed by atoms with Gasteiger partial charge in [-0.15, -0.1) is 0 Å². The number of amides is 1. The lowest BCUT2D eigenvalue weighted by atomic mass is 9.89. The van der Waals surface area contributed by atoms with Crippen LogP contribution in [0.5, 0.6) is 0 Å². The summed E-state index contributed by atoms with van der Waals surface area (Å²) in [6.45, 7) is 3.11. The van der Waals surface area contributed by atoms with E-state index >= 15 is 0 Å². The molecule has 26 heavy (non-hydrogen) atoms. The highest BCUT2D eigenvalue weighted by Crippen LogP contribution is 2.29. The third-order valence-corrected chi connectivity index (χ3v) is 5.48. The number of fused-ring (bicyclic) bond motifs is 3. The number of hydrogen-bond donors (Lipinski definition) is 1. The molecule has 3 aromatic rings. The zero-order valence-corrected chi connectivity index (χ0v) is 15.2. The van der Waals surface area contributed by atoms with Gasteiger partial charge in [0.25, 0.3) is 0 Å². The first-order chi connectivity index (χ1) is 12.8. The van der Waals surface area contributed by atoms with Crippen molar-refractivity contribution in [2.75, 3.05) is 0 Å². The fraction of sp³-hybridized carbons (Fsp3) is 0.364. The minimum Gasteiger partial charge on any atom is -0.341 e. The molecule has 1 amide bonds. The Morgan fingerprint density at radius 2 is 1.88 bits per heavy atom. The van der Waals surface area contributed by atoms with Crippen LogP contribution in [0.2, 0.25) is 0 Å². The van der Waals surface area contributed by atoms with Crippen molar-refractivity contribution in [3.63, 3.8) is 0 Å². The Morgan fingerprint density at radius 3 is 2.69 bits per heavy atom. The maximum atomic E-state index is 12.2. The van der Waals surface area contributed by atoms with Crippen molar-refractivity contribution in [3.05, 3.63) is 48.0 Å². The fourth-order valence-electron chi connectivity index (χ4n) is 4.12. The van der Waals surface area contributed by atoms with Crippen LogP contribution < -0.4 is 5.43 Å². The SMILES string of the molecule is CCn1c2ccccc2c2cc(C=NNC(=O)C3CCCCC3)ccc21.